The van der Waals surface area contributed by atoms with E-state index in [4.69, 9.17) is 27.9 Å². The first kappa shape index (κ1) is 28.8. The second-order valence-electron chi connectivity index (χ2n) is 9.54. The van der Waals surface area contributed by atoms with Gasteiger partial charge in [0, 0.05) is 17.1 Å². The third kappa shape index (κ3) is 6.12. The van der Waals surface area contributed by atoms with Crippen molar-refractivity contribution in [2.45, 2.75) is 13.0 Å². The van der Waals surface area contributed by atoms with Crippen molar-refractivity contribution in [3.8, 4) is 0 Å². The second kappa shape index (κ2) is 12.4. The van der Waals surface area contributed by atoms with Gasteiger partial charge >= 0.3 is 5.97 Å². The number of benzene rings is 4. The van der Waals surface area contributed by atoms with Crippen molar-refractivity contribution in [1.82, 2.24) is 15.6 Å². The lowest BCUT2D eigenvalue weighted by molar-refractivity contribution is -0.136. The van der Waals surface area contributed by atoms with Gasteiger partial charge in [-0.15, -0.1) is 0 Å². The van der Waals surface area contributed by atoms with Gasteiger partial charge in [-0.05, 0) is 59.2 Å². The minimum Gasteiger partial charge on any atom is -0.464 e. The molecule has 0 radical (unpaired) electrons. The lowest BCUT2D eigenvalue weighted by Gasteiger charge is -2.17. The number of ether oxygens (including phenoxy) is 1. The van der Waals surface area contributed by atoms with Crippen LogP contribution in [-0.4, -0.2) is 29.9 Å². The molecular formula is C33H25Cl2N3O4. The highest BCUT2D eigenvalue weighted by Crippen LogP contribution is 2.29. The zero-order valence-electron chi connectivity index (χ0n) is 22.7. The maximum Gasteiger partial charge on any atom is 0.354 e. The quantitative estimate of drug-likeness (QED) is 0.154. The van der Waals surface area contributed by atoms with E-state index in [0.717, 1.165) is 27.2 Å². The van der Waals surface area contributed by atoms with Crippen molar-refractivity contribution < 1.29 is 19.1 Å². The molecule has 210 valence electrons. The SMILES string of the molecule is COC(=O)/C(=C/c1cnc2ccccc2c1)NC(=O)c1c(Cl)cc(C(=O)N[C@H](C)c2cccc3ccccc23)cc1Cl. The zero-order valence-corrected chi connectivity index (χ0v) is 24.2. The molecule has 0 spiro atoms. The third-order valence-corrected chi connectivity index (χ3v) is 7.34. The lowest BCUT2D eigenvalue weighted by Crippen LogP contribution is -2.29. The summed E-state index contributed by atoms with van der Waals surface area (Å²) in [5.74, 6) is -1.93. The van der Waals surface area contributed by atoms with Gasteiger partial charge in [-0.1, -0.05) is 83.9 Å². The Hall–Kier alpha value is -4.72. The van der Waals surface area contributed by atoms with Crippen LogP contribution in [0.5, 0.6) is 0 Å². The molecule has 0 saturated heterocycles. The molecule has 5 rings (SSSR count). The molecule has 0 aliphatic heterocycles. The molecule has 0 aliphatic carbocycles. The number of nitrogens with zero attached hydrogens (tertiary/aromatic N) is 1. The molecule has 5 aromatic rings. The number of para-hydroxylation sites is 1. The summed E-state index contributed by atoms with van der Waals surface area (Å²) in [5, 5.41) is 8.34. The van der Waals surface area contributed by atoms with Gasteiger partial charge in [0.1, 0.15) is 5.70 Å². The van der Waals surface area contributed by atoms with Crippen molar-refractivity contribution in [3.63, 3.8) is 0 Å². The van der Waals surface area contributed by atoms with Crippen LogP contribution in [-0.2, 0) is 9.53 Å². The summed E-state index contributed by atoms with van der Waals surface area (Å²) in [6.07, 6.45) is 3.02. The molecule has 1 heterocycles. The van der Waals surface area contributed by atoms with Gasteiger partial charge < -0.3 is 15.4 Å². The fourth-order valence-corrected chi connectivity index (χ4v) is 5.34. The summed E-state index contributed by atoms with van der Waals surface area (Å²) >= 11 is 12.9. The normalized spacial score (nSPS) is 12.1. The van der Waals surface area contributed by atoms with Crippen LogP contribution >= 0.6 is 23.2 Å². The fraction of sp³-hybridized carbons (Fsp3) is 0.0909. The van der Waals surface area contributed by atoms with Crippen molar-refractivity contribution >= 4 is 68.7 Å². The Morgan fingerprint density at radius 1 is 0.857 bits per heavy atom. The molecule has 0 fully saturated rings. The molecule has 2 N–H and O–H groups in total. The Labute approximate surface area is 252 Å². The average Bonchev–Trinajstić information content (AvgIpc) is 2.99. The number of pyridine rings is 1. The van der Waals surface area contributed by atoms with Gasteiger partial charge in [0.15, 0.2) is 0 Å². The monoisotopic (exact) mass is 597 g/mol. The maximum absolute atomic E-state index is 13.2. The number of amides is 2. The number of nitrogens with one attached hydrogen (secondary N) is 2. The highest BCUT2D eigenvalue weighted by Gasteiger charge is 2.23. The number of rotatable bonds is 7. The summed E-state index contributed by atoms with van der Waals surface area (Å²) in [5.41, 5.74) is 2.25. The van der Waals surface area contributed by atoms with Gasteiger partial charge in [-0.3, -0.25) is 14.6 Å². The predicted octanol–water partition coefficient (Wildman–Crippen LogP) is 7.13. The molecule has 0 aliphatic rings. The largest absolute Gasteiger partial charge is 0.464 e. The Morgan fingerprint density at radius 3 is 2.26 bits per heavy atom. The van der Waals surface area contributed by atoms with Crippen molar-refractivity contribution in [2.75, 3.05) is 7.11 Å². The van der Waals surface area contributed by atoms with Crippen LogP contribution in [0, 0.1) is 0 Å². The van der Waals surface area contributed by atoms with Crippen LogP contribution in [0.2, 0.25) is 10.0 Å². The molecule has 0 bridgehead atoms. The number of hydrogen-bond acceptors (Lipinski definition) is 5. The fourth-order valence-electron chi connectivity index (χ4n) is 4.68. The maximum atomic E-state index is 13.2. The predicted molar refractivity (Wildman–Crippen MR) is 165 cm³/mol. The molecule has 1 aromatic heterocycles. The lowest BCUT2D eigenvalue weighted by atomic mass is 9.99. The number of methoxy groups -OCH3 is 1. The minimum absolute atomic E-state index is 0.0560. The Balaban J connectivity index is 1.37. The first-order valence-corrected chi connectivity index (χ1v) is 13.7. The van der Waals surface area contributed by atoms with E-state index < -0.39 is 17.8 Å². The van der Waals surface area contributed by atoms with Crippen LogP contribution in [0.1, 0.15) is 44.8 Å². The van der Waals surface area contributed by atoms with E-state index in [1.54, 1.807) is 6.20 Å². The Kier molecular flexibility index (Phi) is 8.52. The Morgan fingerprint density at radius 2 is 1.52 bits per heavy atom. The minimum atomic E-state index is -0.776. The van der Waals surface area contributed by atoms with E-state index in [1.165, 1.54) is 25.3 Å². The van der Waals surface area contributed by atoms with Crippen molar-refractivity contribution in [3.05, 3.63) is 129 Å². The van der Waals surface area contributed by atoms with E-state index in [2.05, 4.69) is 15.6 Å². The van der Waals surface area contributed by atoms with Crippen LogP contribution in [0.3, 0.4) is 0 Å². The topological polar surface area (TPSA) is 97.4 Å². The second-order valence-corrected chi connectivity index (χ2v) is 10.4. The van der Waals surface area contributed by atoms with Gasteiger partial charge in [0.2, 0.25) is 0 Å². The first-order valence-electron chi connectivity index (χ1n) is 13.0. The summed E-state index contributed by atoms with van der Waals surface area (Å²) in [6.45, 7) is 1.89. The number of carbonyl (C=O) groups is 3. The van der Waals surface area contributed by atoms with Gasteiger partial charge in [0.05, 0.1) is 34.3 Å². The highest BCUT2D eigenvalue weighted by molar-refractivity contribution is 6.40. The zero-order chi connectivity index (χ0) is 29.8. The number of halogens is 2. The number of fused-ring (bicyclic) bond motifs is 2. The molecule has 4 aromatic carbocycles. The van der Waals surface area contributed by atoms with Gasteiger partial charge in [0.25, 0.3) is 11.8 Å². The number of hydrogen-bond donors (Lipinski definition) is 2. The Bertz CT molecular complexity index is 1860. The van der Waals surface area contributed by atoms with Crippen LogP contribution < -0.4 is 10.6 Å². The van der Waals surface area contributed by atoms with E-state index in [0.29, 0.717) is 5.56 Å². The van der Waals surface area contributed by atoms with E-state index in [9.17, 15) is 14.4 Å². The van der Waals surface area contributed by atoms with Crippen LogP contribution in [0.15, 0.2) is 96.8 Å². The molecule has 2 amide bonds. The third-order valence-electron chi connectivity index (χ3n) is 6.74. The van der Waals surface area contributed by atoms with Gasteiger partial charge in [-0.2, -0.15) is 0 Å². The van der Waals surface area contributed by atoms with E-state index >= 15 is 0 Å². The van der Waals surface area contributed by atoms with Crippen LogP contribution in [0.25, 0.3) is 27.8 Å². The standard InChI is InChI=1S/C33H25Cl2N3O4/c1-19(24-12-7-10-21-8-3-5-11-25(21)24)37-31(39)23-16-26(34)30(27(35)17-23)32(40)38-29(33(41)42-2)15-20-14-22-9-4-6-13-28(22)36-18-20/h3-19H,1-2H3,(H,37,39)(H,38,40)/b29-15-/t19-/m1/s1. The molecule has 0 saturated carbocycles. The van der Waals surface area contributed by atoms with E-state index in [1.807, 2.05) is 79.7 Å². The highest BCUT2D eigenvalue weighted by atomic mass is 35.5. The number of carbonyl (C=O) groups excluding carboxylic acids is 3. The number of esters is 1. The summed E-state index contributed by atoms with van der Waals surface area (Å²) in [6, 6.07) is 25.6. The van der Waals surface area contributed by atoms with Crippen molar-refractivity contribution in [2.24, 2.45) is 0 Å². The van der Waals surface area contributed by atoms with E-state index in [-0.39, 0.29) is 32.9 Å². The first-order chi connectivity index (χ1) is 20.2. The average molecular weight is 598 g/mol. The van der Waals surface area contributed by atoms with Crippen LogP contribution in [0.4, 0.5) is 0 Å². The summed E-state index contributed by atoms with van der Waals surface area (Å²) in [4.78, 5) is 43.3. The van der Waals surface area contributed by atoms with Gasteiger partial charge in [-0.25, -0.2) is 4.79 Å². The smallest absolute Gasteiger partial charge is 0.354 e. The molecular weight excluding hydrogens is 573 g/mol. The van der Waals surface area contributed by atoms with Crippen molar-refractivity contribution in [1.29, 1.82) is 0 Å². The molecule has 9 heteroatoms. The molecule has 7 nitrogen and oxygen atoms in total. The summed E-state index contributed by atoms with van der Waals surface area (Å²) in [7, 11) is 1.20. The molecule has 42 heavy (non-hydrogen) atoms. The molecule has 1 atom stereocenters. The number of aromatic nitrogens is 1. The molecule has 0 unspecified atom stereocenters. The summed E-state index contributed by atoms with van der Waals surface area (Å²) < 4.78 is 4.86.